The molecule has 1 fully saturated rings. The summed E-state index contributed by atoms with van der Waals surface area (Å²) in [5.41, 5.74) is 2.53. The van der Waals surface area contributed by atoms with Gasteiger partial charge >= 0.3 is 6.09 Å². The second-order valence-corrected chi connectivity index (χ2v) is 11.2. The fourth-order valence-electron chi connectivity index (χ4n) is 5.46. The average molecular weight is 638 g/mol. The lowest BCUT2D eigenvalue weighted by Gasteiger charge is -2.22. The lowest BCUT2D eigenvalue weighted by molar-refractivity contribution is -0.123. The van der Waals surface area contributed by atoms with Crippen molar-refractivity contribution in [2.24, 2.45) is 0 Å². The number of halogens is 1. The Morgan fingerprint density at radius 1 is 1.07 bits per heavy atom. The number of carbonyl (C=O) groups is 2. The standard InChI is InChI=1S/C31H36ClN7O6/c1-2-38(31(44)45-17-20-11-7-4-8-12-20)15-24(41)35-22-14-23(27(43)26(22)42)39-18-33-25-28(36-30(32)37-29(25)39)34-21(16-40)13-19-9-5-3-6-10-19/h3-12,18,21-23,26-27,40,42-43H,2,13-17H2,1H3,(H,35,41)(H,34,36,37)/t21-,22-,23+,26+,27-/m0/s1. The van der Waals surface area contributed by atoms with E-state index in [4.69, 9.17) is 16.3 Å². The predicted octanol–water partition coefficient (Wildman–Crippen LogP) is 2.31. The van der Waals surface area contributed by atoms with Crippen molar-refractivity contribution in [1.82, 2.24) is 29.7 Å². The minimum atomic E-state index is -1.30. The van der Waals surface area contributed by atoms with E-state index in [1.807, 2.05) is 60.7 Å². The van der Waals surface area contributed by atoms with Crippen molar-refractivity contribution in [3.63, 3.8) is 0 Å². The second-order valence-electron chi connectivity index (χ2n) is 10.9. The van der Waals surface area contributed by atoms with Crippen LogP contribution in [0.25, 0.3) is 11.2 Å². The van der Waals surface area contributed by atoms with E-state index < -0.39 is 36.3 Å². The Morgan fingerprint density at radius 3 is 2.42 bits per heavy atom. The van der Waals surface area contributed by atoms with Crippen LogP contribution in [0.1, 0.15) is 30.5 Å². The maximum Gasteiger partial charge on any atom is 0.410 e. The third kappa shape index (κ3) is 7.68. The second kappa shape index (κ2) is 14.7. The molecule has 238 valence electrons. The smallest absolute Gasteiger partial charge is 0.410 e. The minimum absolute atomic E-state index is 0.0696. The van der Waals surface area contributed by atoms with Gasteiger partial charge in [0.15, 0.2) is 17.0 Å². The van der Waals surface area contributed by atoms with Gasteiger partial charge in [-0.05, 0) is 42.5 Å². The maximum atomic E-state index is 12.9. The number of hydrogen-bond donors (Lipinski definition) is 5. The van der Waals surface area contributed by atoms with Gasteiger partial charge in [0.1, 0.15) is 25.4 Å². The number of likely N-dealkylation sites (N-methyl/N-ethyl adjacent to an activating group) is 1. The molecule has 5 rings (SSSR count). The van der Waals surface area contributed by atoms with E-state index in [0.717, 1.165) is 11.1 Å². The first-order chi connectivity index (χ1) is 21.8. The van der Waals surface area contributed by atoms with Crippen molar-refractivity contribution < 1.29 is 29.6 Å². The molecule has 1 aliphatic rings. The van der Waals surface area contributed by atoms with Crippen LogP contribution in [0.3, 0.4) is 0 Å². The molecular weight excluding hydrogens is 602 g/mol. The molecule has 14 heteroatoms. The molecule has 0 bridgehead atoms. The van der Waals surface area contributed by atoms with Crippen LogP contribution < -0.4 is 10.6 Å². The number of carbonyl (C=O) groups excluding carboxylic acids is 2. The zero-order chi connectivity index (χ0) is 31.9. The Balaban J connectivity index is 1.24. The van der Waals surface area contributed by atoms with Crippen LogP contribution in [0.15, 0.2) is 67.0 Å². The van der Waals surface area contributed by atoms with Gasteiger partial charge in [0.2, 0.25) is 11.2 Å². The maximum absolute atomic E-state index is 12.9. The van der Waals surface area contributed by atoms with E-state index in [-0.39, 0.29) is 44.0 Å². The Labute approximate surface area is 264 Å². The number of nitrogens with zero attached hydrogens (tertiary/aromatic N) is 5. The van der Waals surface area contributed by atoms with Gasteiger partial charge in [-0.1, -0.05) is 60.7 Å². The molecule has 0 unspecified atom stereocenters. The van der Waals surface area contributed by atoms with Crippen LogP contribution in [0.4, 0.5) is 10.6 Å². The number of aliphatic hydroxyl groups is 3. The van der Waals surface area contributed by atoms with Gasteiger partial charge < -0.3 is 35.3 Å². The summed E-state index contributed by atoms with van der Waals surface area (Å²) in [7, 11) is 0. The number of amides is 2. The van der Waals surface area contributed by atoms with Gasteiger partial charge in [0.25, 0.3) is 0 Å². The number of anilines is 1. The number of nitrogens with one attached hydrogen (secondary N) is 2. The number of aromatic nitrogens is 4. The molecule has 45 heavy (non-hydrogen) atoms. The molecule has 4 aromatic rings. The van der Waals surface area contributed by atoms with Crippen molar-refractivity contribution in [2.45, 2.75) is 56.7 Å². The van der Waals surface area contributed by atoms with Gasteiger partial charge in [0, 0.05) is 6.54 Å². The highest BCUT2D eigenvalue weighted by Crippen LogP contribution is 2.34. The third-order valence-electron chi connectivity index (χ3n) is 7.82. The molecule has 2 heterocycles. The molecule has 1 aliphatic carbocycles. The van der Waals surface area contributed by atoms with Crippen LogP contribution in [-0.4, -0.2) is 95.7 Å². The van der Waals surface area contributed by atoms with Gasteiger partial charge in [-0.15, -0.1) is 0 Å². The molecule has 0 radical (unpaired) electrons. The largest absolute Gasteiger partial charge is 0.445 e. The predicted molar refractivity (Wildman–Crippen MR) is 166 cm³/mol. The van der Waals surface area contributed by atoms with Crippen LogP contribution in [-0.2, 0) is 22.6 Å². The molecule has 0 spiro atoms. The van der Waals surface area contributed by atoms with Crippen LogP contribution in [0, 0.1) is 0 Å². The summed E-state index contributed by atoms with van der Waals surface area (Å²) in [5, 5.41) is 37.7. The summed E-state index contributed by atoms with van der Waals surface area (Å²) in [6.07, 6.45) is -1.05. The third-order valence-corrected chi connectivity index (χ3v) is 7.98. The lowest BCUT2D eigenvalue weighted by Crippen LogP contribution is -2.48. The van der Waals surface area contributed by atoms with E-state index in [0.29, 0.717) is 23.4 Å². The molecule has 5 atom stereocenters. The summed E-state index contributed by atoms with van der Waals surface area (Å²) >= 11 is 6.28. The molecule has 2 aromatic carbocycles. The van der Waals surface area contributed by atoms with Gasteiger partial charge in [-0.3, -0.25) is 9.69 Å². The first kappa shape index (κ1) is 32.1. The monoisotopic (exact) mass is 637 g/mol. The topological polar surface area (TPSA) is 175 Å². The van der Waals surface area contributed by atoms with E-state index in [1.165, 1.54) is 11.2 Å². The molecule has 0 saturated heterocycles. The quantitative estimate of drug-likeness (QED) is 0.145. The molecule has 13 nitrogen and oxygen atoms in total. The van der Waals surface area contributed by atoms with E-state index in [9.17, 15) is 24.9 Å². The Morgan fingerprint density at radius 2 is 1.76 bits per heavy atom. The van der Waals surface area contributed by atoms with Gasteiger partial charge in [-0.2, -0.15) is 9.97 Å². The molecule has 2 amide bonds. The fraction of sp³-hybridized carbons (Fsp3) is 0.387. The number of aliphatic hydroxyl groups excluding tert-OH is 3. The summed E-state index contributed by atoms with van der Waals surface area (Å²) in [4.78, 5) is 39.8. The van der Waals surface area contributed by atoms with Crippen molar-refractivity contribution in [3.8, 4) is 0 Å². The van der Waals surface area contributed by atoms with Crippen molar-refractivity contribution in [2.75, 3.05) is 25.0 Å². The normalized spacial score (nSPS) is 20.1. The highest BCUT2D eigenvalue weighted by Gasteiger charge is 2.44. The van der Waals surface area contributed by atoms with Crippen LogP contribution in [0.2, 0.25) is 5.28 Å². The van der Waals surface area contributed by atoms with E-state index >= 15 is 0 Å². The number of fused-ring (bicyclic) bond motifs is 1. The molecule has 1 saturated carbocycles. The average Bonchev–Trinajstić information content (AvgIpc) is 3.59. The molecule has 5 N–H and O–H groups in total. The summed E-state index contributed by atoms with van der Waals surface area (Å²) in [5.74, 6) is -0.193. The van der Waals surface area contributed by atoms with Crippen molar-refractivity contribution >= 4 is 40.6 Å². The van der Waals surface area contributed by atoms with E-state index in [1.54, 1.807) is 11.5 Å². The first-order valence-corrected chi connectivity index (χ1v) is 15.1. The highest BCUT2D eigenvalue weighted by molar-refractivity contribution is 6.28. The van der Waals surface area contributed by atoms with Crippen molar-refractivity contribution in [1.29, 1.82) is 0 Å². The fourth-order valence-corrected chi connectivity index (χ4v) is 5.62. The van der Waals surface area contributed by atoms with E-state index in [2.05, 4.69) is 25.6 Å². The number of rotatable bonds is 12. The number of benzene rings is 2. The minimum Gasteiger partial charge on any atom is -0.445 e. The van der Waals surface area contributed by atoms with Crippen LogP contribution >= 0.6 is 11.6 Å². The number of ether oxygens (including phenoxy) is 1. The zero-order valence-corrected chi connectivity index (χ0v) is 25.4. The lowest BCUT2D eigenvalue weighted by atomic mass is 10.1. The summed E-state index contributed by atoms with van der Waals surface area (Å²) < 4.78 is 6.94. The summed E-state index contributed by atoms with van der Waals surface area (Å²) in [6.45, 7) is 1.58. The summed E-state index contributed by atoms with van der Waals surface area (Å²) in [6, 6.07) is 17.0. The molecule has 0 aliphatic heterocycles. The Bertz CT molecular complexity index is 1590. The number of imidazole rings is 1. The van der Waals surface area contributed by atoms with Gasteiger partial charge in [-0.25, -0.2) is 9.78 Å². The number of hydrogen-bond acceptors (Lipinski definition) is 10. The Kier molecular flexibility index (Phi) is 10.5. The Hall–Kier alpha value is -4.30. The zero-order valence-electron chi connectivity index (χ0n) is 24.7. The molecule has 2 aromatic heterocycles. The van der Waals surface area contributed by atoms with Gasteiger partial charge in [0.05, 0.1) is 31.1 Å². The molecular formula is C31H36ClN7O6. The van der Waals surface area contributed by atoms with Crippen molar-refractivity contribution in [3.05, 3.63) is 83.4 Å². The SMILES string of the molecule is CCN(CC(=O)N[C@H]1C[C@@H](n2cnc3c(N[C@H](CO)Cc4ccccc4)nc(Cl)nc32)[C@H](O)[C@@H]1O)C(=O)OCc1ccccc1. The van der Waals surface area contributed by atoms with Crippen LogP contribution in [0.5, 0.6) is 0 Å². The highest BCUT2D eigenvalue weighted by atomic mass is 35.5. The first-order valence-electron chi connectivity index (χ1n) is 14.7.